The molecule has 0 bridgehead atoms. The highest BCUT2D eigenvalue weighted by molar-refractivity contribution is 6.30. The van der Waals surface area contributed by atoms with E-state index in [1.165, 1.54) is 0 Å². The number of hydrogen-bond acceptors (Lipinski definition) is 3. The van der Waals surface area contributed by atoms with Crippen molar-refractivity contribution >= 4 is 29.5 Å². The molecule has 0 unspecified atom stereocenters. The summed E-state index contributed by atoms with van der Waals surface area (Å²) in [7, 11) is 0. The SMILES string of the molecule is Cc1cc(Cl)ccc1NC(=O)COc1cccc(C=O)c1. The first kappa shape index (κ1) is 15.1. The second-order valence-electron chi connectivity index (χ2n) is 4.49. The van der Waals surface area contributed by atoms with E-state index in [0.29, 0.717) is 22.0 Å². The van der Waals surface area contributed by atoms with Crippen LogP contribution in [0, 0.1) is 6.92 Å². The zero-order valence-corrected chi connectivity index (χ0v) is 12.2. The number of anilines is 1. The molecule has 2 aromatic rings. The van der Waals surface area contributed by atoms with Crippen LogP contribution >= 0.6 is 11.6 Å². The highest BCUT2D eigenvalue weighted by Crippen LogP contribution is 2.19. The molecule has 2 aromatic carbocycles. The molecule has 2 rings (SSSR count). The minimum absolute atomic E-state index is 0.135. The fourth-order valence-corrected chi connectivity index (χ4v) is 2.01. The van der Waals surface area contributed by atoms with E-state index in [2.05, 4.69) is 5.32 Å². The van der Waals surface area contributed by atoms with Crippen LogP contribution in [-0.2, 0) is 4.79 Å². The average molecular weight is 304 g/mol. The molecule has 0 atom stereocenters. The molecule has 0 saturated carbocycles. The van der Waals surface area contributed by atoms with Gasteiger partial charge in [0.15, 0.2) is 6.61 Å². The van der Waals surface area contributed by atoms with Gasteiger partial charge in [-0.05, 0) is 42.8 Å². The van der Waals surface area contributed by atoms with Crippen LogP contribution in [0.15, 0.2) is 42.5 Å². The lowest BCUT2D eigenvalue weighted by Crippen LogP contribution is -2.20. The number of nitrogens with one attached hydrogen (secondary N) is 1. The second kappa shape index (κ2) is 6.90. The smallest absolute Gasteiger partial charge is 0.262 e. The summed E-state index contributed by atoms with van der Waals surface area (Å²) < 4.78 is 5.35. The van der Waals surface area contributed by atoms with Gasteiger partial charge in [0.2, 0.25) is 0 Å². The molecule has 1 amide bonds. The molecule has 0 aromatic heterocycles. The first-order valence-electron chi connectivity index (χ1n) is 6.32. The molecule has 5 heteroatoms. The Labute approximate surface area is 127 Å². The monoisotopic (exact) mass is 303 g/mol. The number of aldehydes is 1. The molecule has 0 fully saturated rings. The van der Waals surface area contributed by atoms with E-state index < -0.39 is 0 Å². The number of carbonyl (C=O) groups is 2. The third kappa shape index (κ3) is 4.33. The van der Waals surface area contributed by atoms with Crippen molar-refractivity contribution in [1.29, 1.82) is 0 Å². The van der Waals surface area contributed by atoms with Crippen molar-refractivity contribution in [1.82, 2.24) is 0 Å². The number of carbonyl (C=O) groups excluding carboxylic acids is 2. The Bertz CT molecular complexity index is 670. The number of aryl methyl sites for hydroxylation is 1. The van der Waals surface area contributed by atoms with Gasteiger partial charge in [-0.1, -0.05) is 23.7 Å². The van der Waals surface area contributed by atoms with Crippen LogP contribution in [0.2, 0.25) is 5.02 Å². The maximum absolute atomic E-state index is 11.8. The number of benzene rings is 2. The van der Waals surface area contributed by atoms with Crippen LogP contribution in [0.4, 0.5) is 5.69 Å². The van der Waals surface area contributed by atoms with E-state index in [1.54, 1.807) is 42.5 Å². The molecule has 4 nitrogen and oxygen atoms in total. The van der Waals surface area contributed by atoms with Gasteiger partial charge in [-0.15, -0.1) is 0 Å². The summed E-state index contributed by atoms with van der Waals surface area (Å²) in [6, 6.07) is 11.8. The highest BCUT2D eigenvalue weighted by Gasteiger charge is 2.06. The second-order valence-corrected chi connectivity index (χ2v) is 4.92. The molecule has 1 N–H and O–H groups in total. The van der Waals surface area contributed by atoms with Crippen molar-refractivity contribution in [3.05, 3.63) is 58.6 Å². The Morgan fingerprint density at radius 3 is 2.81 bits per heavy atom. The lowest BCUT2D eigenvalue weighted by molar-refractivity contribution is -0.118. The van der Waals surface area contributed by atoms with Crippen LogP contribution < -0.4 is 10.1 Å². The average Bonchev–Trinajstić information content (AvgIpc) is 2.48. The summed E-state index contributed by atoms with van der Waals surface area (Å²) in [6.45, 7) is 1.72. The van der Waals surface area contributed by atoms with Crippen LogP contribution in [0.25, 0.3) is 0 Å². The summed E-state index contributed by atoms with van der Waals surface area (Å²) in [4.78, 5) is 22.5. The van der Waals surface area contributed by atoms with E-state index in [4.69, 9.17) is 16.3 Å². The minimum Gasteiger partial charge on any atom is -0.484 e. The molecule has 0 spiro atoms. The Kier molecular flexibility index (Phi) is 4.95. The molecule has 21 heavy (non-hydrogen) atoms. The summed E-state index contributed by atoms with van der Waals surface area (Å²) in [5.41, 5.74) is 2.06. The van der Waals surface area contributed by atoms with Crippen molar-refractivity contribution in [3.63, 3.8) is 0 Å². The normalized spacial score (nSPS) is 10.0. The molecule has 108 valence electrons. The molecule has 0 aliphatic carbocycles. The number of hydrogen-bond donors (Lipinski definition) is 1. The standard InChI is InChI=1S/C16H14ClNO3/c1-11-7-13(17)5-6-15(11)18-16(20)10-21-14-4-2-3-12(8-14)9-19/h2-9H,10H2,1H3,(H,18,20). The quantitative estimate of drug-likeness (QED) is 0.860. The summed E-state index contributed by atoms with van der Waals surface area (Å²) in [5, 5.41) is 3.36. The van der Waals surface area contributed by atoms with Gasteiger partial charge in [0.05, 0.1) is 0 Å². The summed E-state index contributed by atoms with van der Waals surface area (Å²) in [5.74, 6) is 0.194. The Morgan fingerprint density at radius 1 is 1.29 bits per heavy atom. The van der Waals surface area contributed by atoms with Crippen LogP contribution in [-0.4, -0.2) is 18.8 Å². The number of rotatable bonds is 5. The maximum atomic E-state index is 11.8. The number of ether oxygens (including phenoxy) is 1. The maximum Gasteiger partial charge on any atom is 0.262 e. The van der Waals surface area contributed by atoms with Gasteiger partial charge in [0.25, 0.3) is 5.91 Å². The van der Waals surface area contributed by atoms with E-state index in [9.17, 15) is 9.59 Å². The summed E-state index contributed by atoms with van der Waals surface area (Å²) >= 11 is 5.86. The van der Waals surface area contributed by atoms with Crippen molar-refractivity contribution in [3.8, 4) is 5.75 Å². The third-order valence-corrected chi connectivity index (χ3v) is 3.06. The molecular formula is C16H14ClNO3. The zero-order chi connectivity index (χ0) is 15.2. The van der Waals surface area contributed by atoms with Crippen LogP contribution in [0.5, 0.6) is 5.75 Å². The molecule has 0 aliphatic rings. The highest BCUT2D eigenvalue weighted by atomic mass is 35.5. The van der Waals surface area contributed by atoms with Crippen molar-refractivity contribution in [2.45, 2.75) is 6.92 Å². The van der Waals surface area contributed by atoms with Gasteiger partial charge in [0, 0.05) is 16.3 Å². The minimum atomic E-state index is -0.281. The van der Waals surface area contributed by atoms with Gasteiger partial charge in [-0.25, -0.2) is 0 Å². The first-order valence-corrected chi connectivity index (χ1v) is 6.70. The Balaban J connectivity index is 1.94. The van der Waals surface area contributed by atoms with Gasteiger partial charge in [0.1, 0.15) is 12.0 Å². The lowest BCUT2D eigenvalue weighted by Gasteiger charge is -2.10. The van der Waals surface area contributed by atoms with E-state index in [0.717, 1.165) is 11.8 Å². The van der Waals surface area contributed by atoms with E-state index in [-0.39, 0.29) is 12.5 Å². The first-order chi connectivity index (χ1) is 10.1. The van der Waals surface area contributed by atoms with Gasteiger partial charge in [-0.2, -0.15) is 0 Å². The zero-order valence-electron chi connectivity index (χ0n) is 11.4. The predicted octanol–water partition coefficient (Wildman–Crippen LogP) is 3.48. The van der Waals surface area contributed by atoms with Gasteiger partial charge >= 0.3 is 0 Å². The third-order valence-electron chi connectivity index (χ3n) is 2.83. The fraction of sp³-hybridized carbons (Fsp3) is 0.125. The molecule has 0 saturated heterocycles. The topological polar surface area (TPSA) is 55.4 Å². The molecule has 0 aliphatic heterocycles. The van der Waals surface area contributed by atoms with Crippen molar-refractivity contribution in [2.24, 2.45) is 0 Å². The van der Waals surface area contributed by atoms with Gasteiger partial charge in [-0.3, -0.25) is 9.59 Å². The predicted molar refractivity (Wildman–Crippen MR) is 82.1 cm³/mol. The molecule has 0 heterocycles. The summed E-state index contributed by atoms with van der Waals surface area (Å²) in [6.07, 6.45) is 0.726. The van der Waals surface area contributed by atoms with Crippen LogP contribution in [0.3, 0.4) is 0 Å². The number of amides is 1. The fourth-order valence-electron chi connectivity index (χ4n) is 1.78. The molecular weight excluding hydrogens is 290 g/mol. The lowest BCUT2D eigenvalue weighted by atomic mass is 10.2. The Hall–Kier alpha value is -2.33. The molecule has 0 radical (unpaired) electrons. The Morgan fingerprint density at radius 2 is 2.10 bits per heavy atom. The van der Waals surface area contributed by atoms with Crippen LogP contribution in [0.1, 0.15) is 15.9 Å². The van der Waals surface area contributed by atoms with Crippen molar-refractivity contribution < 1.29 is 14.3 Å². The van der Waals surface area contributed by atoms with Crippen molar-refractivity contribution in [2.75, 3.05) is 11.9 Å². The number of halogens is 1. The van der Waals surface area contributed by atoms with E-state index >= 15 is 0 Å². The van der Waals surface area contributed by atoms with Gasteiger partial charge < -0.3 is 10.1 Å². The van der Waals surface area contributed by atoms with E-state index in [1.807, 2.05) is 6.92 Å². The largest absolute Gasteiger partial charge is 0.484 e.